The van der Waals surface area contributed by atoms with Crippen molar-refractivity contribution >= 4 is 29.0 Å². The van der Waals surface area contributed by atoms with Crippen LogP contribution in [0.15, 0.2) is 30.3 Å². The summed E-state index contributed by atoms with van der Waals surface area (Å²) in [6, 6.07) is 7.73. The average molecular weight is 297 g/mol. The minimum Gasteiger partial charge on any atom is -0.289 e. The Morgan fingerprint density at radius 3 is 2.21 bits per heavy atom. The minimum atomic E-state index is -0.297. The van der Waals surface area contributed by atoms with Crippen LogP contribution >= 0.6 is 23.2 Å². The summed E-state index contributed by atoms with van der Waals surface area (Å²) < 4.78 is 13.6. The van der Waals surface area contributed by atoms with Crippen LogP contribution in [0.4, 0.5) is 4.39 Å². The Morgan fingerprint density at radius 2 is 1.63 bits per heavy atom. The van der Waals surface area contributed by atoms with Gasteiger partial charge < -0.3 is 0 Å². The number of halogens is 3. The number of hydrogen-bond acceptors (Lipinski definition) is 1. The van der Waals surface area contributed by atoms with Crippen LogP contribution in [0.3, 0.4) is 0 Å². The molecular weight excluding hydrogens is 286 g/mol. The van der Waals surface area contributed by atoms with Crippen molar-refractivity contribution in [1.29, 1.82) is 0 Å². The third kappa shape index (κ3) is 2.80. The molecule has 0 radical (unpaired) electrons. The van der Waals surface area contributed by atoms with Gasteiger partial charge in [-0.1, -0.05) is 23.2 Å². The van der Waals surface area contributed by atoms with Gasteiger partial charge in [0.05, 0.1) is 5.02 Å². The summed E-state index contributed by atoms with van der Waals surface area (Å²) >= 11 is 11.9. The fourth-order valence-corrected chi connectivity index (χ4v) is 2.28. The Morgan fingerprint density at radius 1 is 1.05 bits per heavy atom. The van der Waals surface area contributed by atoms with Crippen molar-refractivity contribution in [1.82, 2.24) is 0 Å². The molecule has 0 amide bonds. The highest BCUT2D eigenvalue weighted by Gasteiger charge is 2.15. The van der Waals surface area contributed by atoms with Crippen molar-refractivity contribution in [3.8, 4) is 0 Å². The third-order valence-electron chi connectivity index (χ3n) is 2.87. The maximum Gasteiger partial charge on any atom is 0.194 e. The van der Waals surface area contributed by atoms with Gasteiger partial charge in [0.15, 0.2) is 5.78 Å². The van der Waals surface area contributed by atoms with Crippen LogP contribution in [0.1, 0.15) is 27.0 Å². The summed E-state index contributed by atoms with van der Waals surface area (Å²) in [6.07, 6.45) is 0. The van der Waals surface area contributed by atoms with E-state index < -0.39 is 0 Å². The minimum absolute atomic E-state index is 0.265. The maximum absolute atomic E-state index is 13.6. The third-order valence-corrected chi connectivity index (χ3v) is 3.44. The molecule has 0 aliphatic rings. The molecule has 0 spiro atoms. The summed E-state index contributed by atoms with van der Waals surface area (Å²) in [5.41, 5.74) is 1.59. The number of carbonyl (C=O) groups excluding carboxylic acids is 1. The van der Waals surface area contributed by atoms with Crippen LogP contribution in [0.2, 0.25) is 10.0 Å². The van der Waals surface area contributed by atoms with Crippen molar-refractivity contribution in [2.45, 2.75) is 13.8 Å². The van der Waals surface area contributed by atoms with Crippen LogP contribution in [0.25, 0.3) is 0 Å². The summed E-state index contributed by atoms with van der Waals surface area (Å²) in [4.78, 5) is 12.4. The van der Waals surface area contributed by atoms with Gasteiger partial charge >= 0.3 is 0 Å². The van der Waals surface area contributed by atoms with Crippen molar-refractivity contribution in [3.63, 3.8) is 0 Å². The highest BCUT2D eigenvalue weighted by Crippen LogP contribution is 2.25. The van der Waals surface area contributed by atoms with Gasteiger partial charge in [0.25, 0.3) is 0 Å². The molecule has 2 aromatic rings. The predicted molar refractivity (Wildman–Crippen MR) is 75.8 cm³/mol. The number of rotatable bonds is 2. The first kappa shape index (κ1) is 14.0. The number of ketones is 1. The van der Waals surface area contributed by atoms with E-state index in [0.29, 0.717) is 32.3 Å². The smallest absolute Gasteiger partial charge is 0.194 e. The quantitative estimate of drug-likeness (QED) is 0.714. The van der Waals surface area contributed by atoms with E-state index in [4.69, 9.17) is 23.2 Å². The lowest BCUT2D eigenvalue weighted by molar-refractivity contribution is 0.103. The summed E-state index contributed by atoms with van der Waals surface area (Å²) in [5, 5.41) is 0.761. The Kier molecular flexibility index (Phi) is 3.93. The van der Waals surface area contributed by atoms with Crippen molar-refractivity contribution < 1.29 is 9.18 Å². The van der Waals surface area contributed by atoms with Gasteiger partial charge in [-0.3, -0.25) is 4.79 Å². The zero-order valence-electron chi connectivity index (χ0n) is 10.4. The first-order chi connectivity index (χ1) is 8.90. The molecule has 0 saturated heterocycles. The molecule has 0 unspecified atom stereocenters. The number of aryl methyl sites for hydroxylation is 2. The molecule has 4 heteroatoms. The van der Waals surface area contributed by atoms with Gasteiger partial charge in [-0.25, -0.2) is 4.39 Å². The van der Waals surface area contributed by atoms with Crippen LogP contribution in [-0.4, -0.2) is 5.78 Å². The standard InChI is InChI=1S/C15H11Cl2FO/c1-8-5-10(6-9(2)14(8)18)15(19)12-7-11(16)3-4-13(12)17/h3-7H,1-2H3. The van der Waals surface area contributed by atoms with E-state index in [0.717, 1.165) is 0 Å². The molecule has 0 fully saturated rings. The molecule has 0 saturated carbocycles. The largest absolute Gasteiger partial charge is 0.289 e. The monoisotopic (exact) mass is 296 g/mol. The van der Waals surface area contributed by atoms with Gasteiger partial charge in [0.1, 0.15) is 5.82 Å². The normalized spacial score (nSPS) is 10.6. The Labute approximate surface area is 121 Å². The van der Waals surface area contributed by atoms with Crippen LogP contribution < -0.4 is 0 Å². The van der Waals surface area contributed by atoms with E-state index in [1.54, 1.807) is 26.0 Å². The number of benzene rings is 2. The lowest BCUT2D eigenvalue weighted by Gasteiger charge is -2.08. The molecule has 0 bridgehead atoms. The van der Waals surface area contributed by atoms with Crippen molar-refractivity contribution in [2.75, 3.05) is 0 Å². The first-order valence-corrected chi connectivity index (χ1v) is 6.42. The zero-order valence-corrected chi connectivity index (χ0v) is 11.9. The molecule has 19 heavy (non-hydrogen) atoms. The molecule has 1 nitrogen and oxygen atoms in total. The zero-order chi connectivity index (χ0) is 14.2. The highest BCUT2D eigenvalue weighted by molar-refractivity contribution is 6.36. The Bertz CT molecular complexity index is 642. The van der Waals surface area contributed by atoms with E-state index in [2.05, 4.69) is 0 Å². The summed E-state index contributed by atoms with van der Waals surface area (Å²) in [6.45, 7) is 3.25. The van der Waals surface area contributed by atoms with Crippen molar-refractivity contribution in [2.24, 2.45) is 0 Å². The topological polar surface area (TPSA) is 17.1 Å². The maximum atomic E-state index is 13.6. The van der Waals surface area contributed by atoms with Gasteiger partial charge in [-0.2, -0.15) is 0 Å². The molecule has 0 heterocycles. The van der Waals surface area contributed by atoms with Gasteiger partial charge in [0.2, 0.25) is 0 Å². The van der Waals surface area contributed by atoms with E-state index in [1.807, 2.05) is 0 Å². The molecule has 0 aliphatic carbocycles. The van der Waals surface area contributed by atoms with E-state index in [-0.39, 0.29) is 11.6 Å². The second-order valence-electron chi connectivity index (χ2n) is 4.38. The second-order valence-corrected chi connectivity index (χ2v) is 5.22. The predicted octanol–water partition coefficient (Wildman–Crippen LogP) is 4.98. The average Bonchev–Trinajstić information content (AvgIpc) is 2.37. The Balaban J connectivity index is 2.53. The van der Waals surface area contributed by atoms with Crippen LogP contribution in [-0.2, 0) is 0 Å². The number of carbonyl (C=O) groups is 1. The molecule has 0 aliphatic heterocycles. The van der Waals surface area contributed by atoms with E-state index >= 15 is 0 Å². The number of hydrogen-bond donors (Lipinski definition) is 0. The molecule has 2 aromatic carbocycles. The highest BCUT2D eigenvalue weighted by atomic mass is 35.5. The van der Waals surface area contributed by atoms with Crippen molar-refractivity contribution in [3.05, 3.63) is 68.4 Å². The lowest BCUT2D eigenvalue weighted by Crippen LogP contribution is -2.04. The SMILES string of the molecule is Cc1cc(C(=O)c2cc(Cl)ccc2Cl)cc(C)c1F. The molecule has 0 aromatic heterocycles. The molecule has 0 atom stereocenters. The van der Waals surface area contributed by atoms with Gasteiger partial charge in [-0.15, -0.1) is 0 Å². The Hall–Kier alpha value is -1.38. The van der Waals surface area contributed by atoms with Gasteiger partial charge in [-0.05, 0) is 55.3 Å². The van der Waals surface area contributed by atoms with Crippen LogP contribution in [0, 0.1) is 19.7 Å². The molecular formula is C15H11Cl2FO. The fraction of sp³-hybridized carbons (Fsp3) is 0.133. The van der Waals surface area contributed by atoms with Gasteiger partial charge in [0, 0.05) is 16.1 Å². The fourth-order valence-electron chi connectivity index (χ4n) is 1.90. The second kappa shape index (κ2) is 5.32. The molecule has 2 rings (SSSR count). The first-order valence-electron chi connectivity index (χ1n) is 5.66. The van der Waals surface area contributed by atoms with E-state index in [9.17, 15) is 9.18 Å². The summed E-state index contributed by atoms with van der Waals surface area (Å²) in [7, 11) is 0. The van der Waals surface area contributed by atoms with E-state index in [1.165, 1.54) is 18.2 Å². The molecule has 98 valence electrons. The lowest BCUT2D eigenvalue weighted by atomic mass is 9.99. The molecule has 0 N–H and O–H groups in total. The summed E-state index contributed by atoms with van der Waals surface area (Å²) in [5.74, 6) is -0.563. The van der Waals surface area contributed by atoms with Crippen LogP contribution in [0.5, 0.6) is 0 Å².